The normalized spacial score (nSPS) is 11.5. The van der Waals surface area contributed by atoms with Gasteiger partial charge in [-0.15, -0.1) is 0 Å². The van der Waals surface area contributed by atoms with Crippen LogP contribution in [0.3, 0.4) is 0 Å². The van der Waals surface area contributed by atoms with E-state index in [1.165, 1.54) is 18.5 Å². The Hall–Kier alpha value is -3.10. The molecule has 0 fully saturated rings. The van der Waals surface area contributed by atoms with Crippen molar-refractivity contribution in [2.24, 2.45) is 0 Å². The van der Waals surface area contributed by atoms with Crippen LogP contribution in [0.1, 0.15) is 21.8 Å². The second-order valence-corrected chi connectivity index (χ2v) is 4.86. The molecular weight excluding hydrogens is 325 g/mol. The summed E-state index contributed by atoms with van der Waals surface area (Å²) in [5, 5.41) is 9.62. The molecule has 0 aliphatic carbocycles. The van der Waals surface area contributed by atoms with Gasteiger partial charge in [0.25, 0.3) is 5.91 Å². The highest BCUT2D eigenvalue weighted by atomic mass is 19.4. The molecule has 1 amide bonds. The molecule has 6 nitrogen and oxygen atoms in total. The van der Waals surface area contributed by atoms with Crippen LogP contribution in [0.2, 0.25) is 0 Å². The Labute approximate surface area is 133 Å². The summed E-state index contributed by atoms with van der Waals surface area (Å²) in [5.41, 5.74) is -0.364. The van der Waals surface area contributed by atoms with Gasteiger partial charge in [0.1, 0.15) is 0 Å². The highest BCUT2D eigenvalue weighted by Crippen LogP contribution is 2.27. The first-order chi connectivity index (χ1) is 11.4. The molecule has 0 saturated carbocycles. The number of nitrogens with one attached hydrogen (secondary N) is 1. The van der Waals surface area contributed by atoms with Crippen molar-refractivity contribution in [2.75, 3.05) is 0 Å². The number of aromatic nitrogens is 3. The Morgan fingerprint density at radius 1 is 1.25 bits per heavy atom. The van der Waals surface area contributed by atoms with Crippen molar-refractivity contribution >= 4 is 5.91 Å². The van der Waals surface area contributed by atoms with Gasteiger partial charge in [0.2, 0.25) is 0 Å². The number of rotatable bonds is 4. The standard InChI is InChI=1S/C15H11F3N4O2/c16-15(17,18)13-5-7-22(21-13)11-3-1-2-10(8-11)14(23)19-9-12-4-6-20-24-12/h1-8H,9H2,(H,19,23). The maximum atomic E-state index is 12.6. The van der Waals surface area contributed by atoms with Gasteiger partial charge in [0.05, 0.1) is 18.4 Å². The molecule has 2 heterocycles. The fraction of sp³-hybridized carbons (Fsp3) is 0.133. The second kappa shape index (κ2) is 6.19. The van der Waals surface area contributed by atoms with E-state index in [2.05, 4.69) is 15.6 Å². The third-order valence-corrected chi connectivity index (χ3v) is 3.17. The van der Waals surface area contributed by atoms with Crippen molar-refractivity contribution in [3.63, 3.8) is 0 Å². The number of amides is 1. The van der Waals surface area contributed by atoms with Crippen LogP contribution in [0.25, 0.3) is 5.69 Å². The predicted octanol–water partition coefficient (Wildman–Crippen LogP) is 2.81. The molecule has 0 bridgehead atoms. The van der Waals surface area contributed by atoms with Crippen LogP contribution in [-0.4, -0.2) is 20.8 Å². The maximum Gasteiger partial charge on any atom is 0.435 e. The molecule has 3 aromatic rings. The van der Waals surface area contributed by atoms with E-state index in [1.54, 1.807) is 24.3 Å². The Bertz CT molecular complexity index is 841. The number of carbonyl (C=O) groups is 1. The lowest BCUT2D eigenvalue weighted by Gasteiger charge is -2.06. The molecule has 3 rings (SSSR count). The molecule has 0 unspecified atom stereocenters. The lowest BCUT2D eigenvalue weighted by Crippen LogP contribution is -2.22. The summed E-state index contributed by atoms with van der Waals surface area (Å²) in [6.45, 7) is 0.156. The smallest absolute Gasteiger partial charge is 0.360 e. The highest BCUT2D eigenvalue weighted by Gasteiger charge is 2.33. The fourth-order valence-corrected chi connectivity index (χ4v) is 2.01. The van der Waals surface area contributed by atoms with Crippen LogP contribution >= 0.6 is 0 Å². The van der Waals surface area contributed by atoms with Crippen molar-refractivity contribution in [3.05, 3.63) is 65.8 Å². The van der Waals surface area contributed by atoms with Gasteiger partial charge in [0, 0.05) is 17.8 Å². The SMILES string of the molecule is O=C(NCc1ccno1)c1cccc(-n2ccc(C(F)(F)F)n2)c1. The number of benzene rings is 1. The zero-order valence-corrected chi connectivity index (χ0v) is 12.1. The second-order valence-electron chi connectivity index (χ2n) is 4.86. The number of carbonyl (C=O) groups excluding carboxylic acids is 1. The monoisotopic (exact) mass is 336 g/mol. The Morgan fingerprint density at radius 2 is 2.08 bits per heavy atom. The summed E-state index contributed by atoms with van der Waals surface area (Å²) in [7, 11) is 0. The van der Waals surface area contributed by atoms with E-state index in [-0.39, 0.29) is 12.1 Å². The number of hydrogen-bond donors (Lipinski definition) is 1. The Balaban J connectivity index is 1.76. The molecular formula is C15H11F3N4O2. The highest BCUT2D eigenvalue weighted by molar-refractivity contribution is 5.94. The summed E-state index contributed by atoms with van der Waals surface area (Å²) < 4.78 is 43.7. The first-order valence-corrected chi connectivity index (χ1v) is 6.84. The van der Waals surface area contributed by atoms with Gasteiger partial charge in [-0.05, 0) is 24.3 Å². The van der Waals surface area contributed by atoms with Crippen LogP contribution in [0.5, 0.6) is 0 Å². The quantitative estimate of drug-likeness (QED) is 0.795. The van der Waals surface area contributed by atoms with Crippen molar-refractivity contribution in [2.45, 2.75) is 12.7 Å². The van der Waals surface area contributed by atoms with E-state index in [1.807, 2.05) is 0 Å². The van der Waals surface area contributed by atoms with Crippen molar-refractivity contribution in [1.29, 1.82) is 0 Å². The third kappa shape index (κ3) is 3.45. The van der Waals surface area contributed by atoms with E-state index in [0.29, 0.717) is 11.4 Å². The molecule has 9 heteroatoms. The molecule has 0 aliphatic rings. The zero-order valence-electron chi connectivity index (χ0n) is 12.1. The number of alkyl halides is 3. The van der Waals surface area contributed by atoms with Crippen LogP contribution < -0.4 is 5.32 Å². The average Bonchev–Trinajstić information content (AvgIpc) is 3.23. The Morgan fingerprint density at radius 3 is 2.75 bits per heavy atom. The molecule has 1 N–H and O–H groups in total. The zero-order chi connectivity index (χ0) is 17.2. The first kappa shape index (κ1) is 15.8. The lowest BCUT2D eigenvalue weighted by atomic mass is 10.2. The van der Waals surface area contributed by atoms with Crippen molar-refractivity contribution in [1.82, 2.24) is 20.3 Å². The largest absolute Gasteiger partial charge is 0.435 e. The molecule has 2 aromatic heterocycles. The summed E-state index contributed by atoms with van der Waals surface area (Å²) >= 11 is 0. The van der Waals surface area contributed by atoms with Gasteiger partial charge in [0.15, 0.2) is 11.5 Å². The Kier molecular flexibility index (Phi) is 4.07. The number of halogens is 3. The molecule has 124 valence electrons. The molecule has 1 aromatic carbocycles. The third-order valence-electron chi connectivity index (χ3n) is 3.17. The summed E-state index contributed by atoms with van der Waals surface area (Å²) in [4.78, 5) is 12.1. The molecule has 0 atom stereocenters. The van der Waals surface area contributed by atoms with E-state index in [9.17, 15) is 18.0 Å². The molecule has 0 saturated heterocycles. The topological polar surface area (TPSA) is 73.0 Å². The van der Waals surface area contributed by atoms with Gasteiger partial charge in [-0.25, -0.2) is 4.68 Å². The van der Waals surface area contributed by atoms with E-state index in [0.717, 1.165) is 10.7 Å². The lowest BCUT2D eigenvalue weighted by molar-refractivity contribution is -0.141. The summed E-state index contributed by atoms with van der Waals surface area (Å²) in [6.07, 6.45) is -1.87. The minimum Gasteiger partial charge on any atom is -0.360 e. The first-order valence-electron chi connectivity index (χ1n) is 6.84. The number of hydrogen-bond acceptors (Lipinski definition) is 4. The minimum atomic E-state index is -4.52. The van der Waals surface area contributed by atoms with Gasteiger partial charge >= 0.3 is 6.18 Å². The van der Waals surface area contributed by atoms with Crippen LogP contribution in [0.4, 0.5) is 13.2 Å². The van der Waals surface area contributed by atoms with E-state index < -0.39 is 17.8 Å². The fourth-order valence-electron chi connectivity index (χ4n) is 2.01. The van der Waals surface area contributed by atoms with E-state index >= 15 is 0 Å². The number of nitrogens with zero attached hydrogens (tertiary/aromatic N) is 3. The molecule has 0 radical (unpaired) electrons. The van der Waals surface area contributed by atoms with Gasteiger partial charge in [-0.1, -0.05) is 11.2 Å². The van der Waals surface area contributed by atoms with Crippen LogP contribution in [-0.2, 0) is 12.7 Å². The minimum absolute atomic E-state index is 0.156. The maximum absolute atomic E-state index is 12.6. The molecule has 24 heavy (non-hydrogen) atoms. The molecule has 0 spiro atoms. The van der Waals surface area contributed by atoms with Crippen LogP contribution in [0.15, 0.2) is 53.3 Å². The van der Waals surface area contributed by atoms with Gasteiger partial charge in [-0.3, -0.25) is 4.79 Å². The van der Waals surface area contributed by atoms with Gasteiger partial charge in [-0.2, -0.15) is 18.3 Å². The van der Waals surface area contributed by atoms with Crippen molar-refractivity contribution in [3.8, 4) is 5.69 Å². The molecule has 0 aliphatic heterocycles. The van der Waals surface area contributed by atoms with Crippen LogP contribution in [0, 0.1) is 0 Å². The average molecular weight is 336 g/mol. The van der Waals surface area contributed by atoms with Crippen molar-refractivity contribution < 1.29 is 22.5 Å². The van der Waals surface area contributed by atoms with Gasteiger partial charge < -0.3 is 9.84 Å². The summed E-state index contributed by atoms with van der Waals surface area (Å²) in [6, 6.07) is 8.60. The predicted molar refractivity (Wildman–Crippen MR) is 76.2 cm³/mol. The summed E-state index contributed by atoms with van der Waals surface area (Å²) in [5.74, 6) is 0.0952. The van der Waals surface area contributed by atoms with E-state index in [4.69, 9.17) is 4.52 Å².